The number of aromatic nitrogens is 4. The molecule has 0 amide bonds. The van der Waals surface area contributed by atoms with Gasteiger partial charge in [0.05, 0.1) is 6.26 Å². The van der Waals surface area contributed by atoms with Gasteiger partial charge in [0.2, 0.25) is 15.8 Å². The van der Waals surface area contributed by atoms with E-state index in [9.17, 15) is 18.0 Å². The number of hydrogen-bond donors (Lipinski definition) is 1. The molecule has 2 aromatic heterocycles. The lowest BCUT2D eigenvalue weighted by Crippen LogP contribution is -2.25. The van der Waals surface area contributed by atoms with Gasteiger partial charge in [-0.05, 0) is 44.2 Å². The minimum absolute atomic E-state index is 0.200. The van der Waals surface area contributed by atoms with Crippen molar-refractivity contribution in [2.24, 2.45) is 0 Å². The predicted octanol–water partition coefficient (Wildman–Crippen LogP) is 1.23. The van der Waals surface area contributed by atoms with Gasteiger partial charge in [-0.15, -0.1) is 5.10 Å². The molecule has 11 heteroatoms. The third kappa shape index (κ3) is 4.31. The van der Waals surface area contributed by atoms with Gasteiger partial charge in [0.25, 0.3) is 11.6 Å². The second kappa shape index (κ2) is 7.35. The summed E-state index contributed by atoms with van der Waals surface area (Å²) in [7, 11) is -3.41. The molecule has 10 nitrogen and oxygen atoms in total. The van der Waals surface area contributed by atoms with Crippen LogP contribution in [0.3, 0.4) is 0 Å². The summed E-state index contributed by atoms with van der Waals surface area (Å²) in [5.74, 6) is -1.24. The van der Waals surface area contributed by atoms with Crippen LogP contribution in [-0.2, 0) is 14.8 Å². The van der Waals surface area contributed by atoms with Gasteiger partial charge in [-0.2, -0.15) is 4.98 Å². The average molecular weight is 403 g/mol. The first-order chi connectivity index (χ1) is 13.1. The Labute approximate surface area is 160 Å². The molecule has 146 valence electrons. The average Bonchev–Trinajstić information content (AvgIpc) is 3.06. The van der Waals surface area contributed by atoms with Crippen molar-refractivity contribution in [3.05, 3.63) is 53.6 Å². The maximum atomic E-state index is 12.5. The van der Waals surface area contributed by atoms with Crippen molar-refractivity contribution in [3.8, 4) is 0 Å². The van der Waals surface area contributed by atoms with Gasteiger partial charge in [0.15, 0.2) is 6.10 Å². The number of anilines is 1. The highest BCUT2D eigenvalue weighted by molar-refractivity contribution is 7.92. The number of ketones is 1. The van der Waals surface area contributed by atoms with E-state index in [0.717, 1.165) is 11.9 Å². The van der Waals surface area contributed by atoms with E-state index < -0.39 is 27.9 Å². The number of benzene rings is 1. The molecule has 3 aromatic rings. The number of esters is 1. The van der Waals surface area contributed by atoms with Crippen LogP contribution in [0, 0.1) is 6.92 Å². The molecule has 0 radical (unpaired) electrons. The summed E-state index contributed by atoms with van der Waals surface area (Å²) in [5, 5.41) is 4.04. The topological polar surface area (TPSA) is 133 Å². The Morgan fingerprint density at radius 3 is 2.46 bits per heavy atom. The molecule has 0 saturated carbocycles. The largest absolute Gasteiger partial charge is 0.448 e. The van der Waals surface area contributed by atoms with Crippen molar-refractivity contribution < 1.29 is 22.7 Å². The third-order valence-electron chi connectivity index (χ3n) is 3.74. The Balaban J connectivity index is 1.70. The Morgan fingerprint density at radius 2 is 1.86 bits per heavy atom. The fourth-order valence-electron chi connectivity index (χ4n) is 2.41. The summed E-state index contributed by atoms with van der Waals surface area (Å²) in [6.45, 7) is 3.22. The number of Topliss-reactive ketones (excluding diaryl/α,β-unsaturated/α-hetero) is 1. The lowest BCUT2D eigenvalue weighted by atomic mass is 10.1. The molecule has 1 aromatic carbocycles. The van der Waals surface area contributed by atoms with E-state index in [4.69, 9.17) is 4.74 Å². The van der Waals surface area contributed by atoms with Crippen molar-refractivity contribution in [1.82, 2.24) is 19.6 Å². The zero-order chi connectivity index (χ0) is 20.5. The van der Waals surface area contributed by atoms with Crippen molar-refractivity contribution in [3.63, 3.8) is 0 Å². The van der Waals surface area contributed by atoms with Gasteiger partial charge in [-0.1, -0.05) is 0 Å². The van der Waals surface area contributed by atoms with Crippen molar-refractivity contribution in [2.45, 2.75) is 20.0 Å². The van der Waals surface area contributed by atoms with Gasteiger partial charge in [0, 0.05) is 23.1 Å². The van der Waals surface area contributed by atoms with Gasteiger partial charge in [-0.3, -0.25) is 9.52 Å². The minimum Gasteiger partial charge on any atom is -0.448 e. The molecule has 0 bridgehead atoms. The van der Waals surface area contributed by atoms with Crippen molar-refractivity contribution in [2.75, 3.05) is 11.0 Å². The number of nitrogens with zero attached hydrogens (tertiary/aromatic N) is 4. The molecular formula is C17H17N5O5S. The second-order valence-corrected chi connectivity index (χ2v) is 7.85. The van der Waals surface area contributed by atoms with Crippen molar-refractivity contribution >= 4 is 33.2 Å². The molecule has 0 aliphatic rings. The maximum absolute atomic E-state index is 12.5. The summed E-state index contributed by atoms with van der Waals surface area (Å²) in [6, 6.07) is 7.49. The SMILES string of the molecule is Cc1ccnc2nc(C(=O)O[C@H](C)C(=O)c3ccc(NS(C)(=O)=O)cc3)nn12. The molecule has 1 N–H and O–H groups in total. The fourth-order valence-corrected chi connectivity index (χ4v) is 2.98. The lowest BCUT2D eigenvalue weighted by molar-refractivity contribution is 0.0307. The van der Waals surface area contributed by atoms with Crippen LogP contribution in [0.4, 0.5) is 5.69 Å². The molecule has 0 aliphatic heterocycles. The number of rotatable bonds is 6. The zero-order valence-electron chi connectivity index (χ0n) is 15.3. The zero-order valence-corrected chi connectivity index (χ0v) is 16.1. The number of ether oxygens (including phenoxy) is 1. The highest BCUT2D eigenvalue weighted by atomic mass is 32.2. The minimum atomic E-state index is -3.41. The molecule has 0 fully saturated rings. The van der Waals surface area contributed by atoms with Crippen LogP contribution in [0.2, 0.25) is 0 Å². The van der Waals surface area contributed by atoms with Crippen LogP contribution in [0.15, 0.2) is 36.5 Å². The highest BCUT2D eigenvalue weighted by Crippen LogP contribution is 2.14. The van der Waals surface area contributed by atoms with E-state index in [1.165, 1.54) is 35.7 Å². The van der Waals surface area contributed by atoms with E-state index in [1.807, 2.05) is 0 Å². The monoisotopic (exact) mass is 403 g/mol. The number of carbonyl (C=O) groups is 2. The van der Waals surface area contributed by atoms with E-state index >= 15 is 0 Å². The van der Waals surface area contributed by atoms with Gasteiger partial charge in [0.1, 0.15) is 0 Å². The van der Waals surface area contributed by atoms with E-state index in [1.54, 1.807) is 19.2 Å². The molecule has 28 heavy (non-hydrogen) atoms. The van der Waals surface area contributed by atoms with Gasteiger partial charge < -0.3 is 4.74 Å². The van der Waals surface area contributed by atoms with Gasteiger partial charge in [-0.25, -0.2) is 22.7 Å². The molecule has 1 atom stereocenters. The molecule has 0 aliphatic carbocycles. The van der Waals surface area contributed by atoms with E-state index in [-0.39, 0.29) is 17.2 Å². The molecule has 0 spiro atoms. The van der Waals surface area contributed by atoms with Crippen molar-refractivity contribution in [1.29, 1.82) is 0 Å². The number of hydrogen-bond acceptors (Lipinski definition) is 8. The van der Waals surface area contributed by atoms with Gasteiger partial charge >= 0.3 is 5.97 Å². The fraction of sp³-hybridized carbons (Fsp3) is 0.235. The molecule has 3 rings (SSSR count). The Kier molecular flexibility index (Phi) is 5.10. The number of sulfonamides is 1. The number of nitrogens with one attached hydrogen (secondary N) is 1. The van der Waals surface area contributed by atoms with E-state index in [0.29, 0.717) is 5.69 Å². The standard InChI is InChI=1S/C17H17N5O5S/c1-10-8-9-18-17-19-15(20-22(10)17)16(24)27-11(2)14(23)12-4-6-13(7-5-12)21-28(3,25)26/h4-9,11,21H,1-3H3/t11-/m1/s1. The molecule has 0 unspecified atom stereocenters. The Morgan fingerprint density at radius 1 is 1.18 bits per heavy atom. The summed E-state index contributed by atoms with van der Waals surface area (Å²) >= 11 is 0. The normalized spacial score (nSPS) is 12.5. The summed E-state index contributed by atoms with van der Waals surface area (Å²) in [5.41, 5.74) is 1.32. The maximum Gasteiger partial charge on any atom is 0.379 e. The van der Waals surface area contributed by atoms with Crippen LogP contribution >= 0.6 is 0 Å². The first kappa shape index (κ1) is 19.4. The van der Waals surface area contributed by atoms with Crippen LogP contribution < -0.4 is 4.72 Å². The third-order valence-corrected chi connectivity index (χ3v) is 4.34. The Bertz CT molecular complexity index is 1150. The van der Waals surface area contributed by atoms with Crippen LogP contribution in [0.25, 0.3) is 5.78 Å². The summed E-state index contributed by atoms with van der Waals surface area (Å²) in [6.07, 6.45) is 1.49. The molecule has 0 saturated heterocycles. The second-order valence-electron chi connectivity index (χ2n) is 6.10. The molecule has 2 heterocycles. The lowest BCUT2D eigenvalue weighted by Gasteiger charge is -2.11. The smallest absolute Gasteiger partial charge is 0.379 e. The first-order valence-corrected chi connectivity index (χ1v) is 10.0. The van der Waals surface area contributed by atoms with Crippen LogP contribution in [-0.4, -0.2) is 52.1 Å². The highest BCUT2D eigenvalue weighted by Gasteiger charge is 2.23. The number of fused-ring (bicyclic) bond motifs is 1. The van der Waals surface area contributed by atoms with Crippen LogP contribution in [0.5, 0.6) is 0 Å². The molecular weight excluding hydrogens is 386 g/mol. The quantitative estimate of drug-likeness (QED) is 0.480. The first-order valence-electron chi connectivity index (χ1n) is 8.15. The van der Waals surface area contributed by atoms with E-state index in [2.05, 4.69) is 19.8 Å². The number of carbonyl (C=O) groups excluding carboxylic acids is 2. The van der Waals surface area contributed by atoms with Crippen LogP contribution in [0.1, 0.15) is 33.6 Å². The predicted molar refractivity (Wildman–Crippen MR) is 99.6 cm³/mol. The summed E-state index contributed by atoms with van der Waals surface area (Å²) in [4.78, 5) is 32.7. The Hall–Kier alpha value is -3.34. The summed E-state index contributed by atoms with van der Waals surface area (Å²) < 4.78 is 31.3. The number of aryl methyl sites for hydroxylation is 1.